The molecule has 8 heteroatoms. The monoisotopic (exact) mass is 350 g/mol. The number of rotatable bonds is 7. The van der Waals surface area contributed by atoms with Crippen molar-refractivity contribution in [3.05, 3.63) is 54.4 Å². The minimum Gasteiger partial charge on any atom is -0.353 e. The highest BCUT2D eigenvalue weighted by Gasteiger charge is 2.08. The zero-order valence-electron chi connectivity index (χ0n) is 12.8. The van der Waals surface area contributed by atoms with Crippen LogP contribution in [0.3, 0.4) is 0 Å². The van der Waals surface area contributed by atoms with Crippen LogP contribution in [0.1, 0.15) is 5.69 Å². The Morgan fingerprint density at radius 1 is 1.13 bits per heavy atom. The molecule has 0 aliphatic heterocycles. The molecule has 1 aromatic carbocycles. The summed E-state index contributed by atoms with van der Waals surface area (Å²) >= 11 is 1.65. The van der Waals surface area contributed by atoms with Crippen LogP contribution in [0.5, 0.6) is 0 Å². The smallest absolute Gasteiger partial charge is 0.214 e. The van der Waals surface area contributed by atoms with E-state index in [0.717, 1.165) is 29.7 Å². The first-order valence-corrected chi connectivity index (χ1v) is 8.10. The number of thioether (sulfide) groups is 1. The number of para-hydroxylation sites is 1. The first-order chi connectivity index (χ1) is 10.8. The van der Waals surface area contributed by atoms with E-state index in [1.165, 1.54) is 5.69 Å². The maximum atomic E-state index is 4.09. The Bertz CT molecular complexity index is 712. The number of aryl methyl sites for hydroxylation is 1. The minimum atomic E-state index is 0. The highest BCUT2D eigenvalue weighted by atomic mass is 35.5. The molecular weight excluding hydrogens is 332 g/mol. The van der Waals surface area contributed by atoms with Gasteiger partial charge in [-0.05, 0) is 34.7 Å². The second-order valence-electron chi connectivity index (χ2n) is 4.84. The van der Waals surface area contributed by atoms with Crippen LogP contribution in [0.15, 0.2) is 53.8 Å². The molecule has 0 fully saturated rings. The number of halogens is 1. The molecule has 0 bridgehead atoms. The number of tetrazole rings is 1. The predicted molar refractivity (Wildman–Crippen MR) is 94.2 cm³/mol. The zero-order valence-corrected chi connectivity index (χ0v) is 14.4. The number of hydrogen-bond donors (Lipinski definition) is 1. The van der Waals surface area contributed by atoms with Crippen LogP contribution >= 0.6 is 24.2 Å². The van der Waals surface area contributed by atoms with E-state index in [0.29, 0.717) is 0 Å². The topological polar surface area (TPSA) is 60.6 Å². The van der Waals surface area contributed by atoms with E-state index < -0.39 is 0 Å². The van der Waals surface area contributed by atoms with Crippen LogP contribution in [0.2, 0.25) is 0 Å². The number of aromatic nitrogens is 5. The molecule has 23 heavy (non-hydrogen) atoms. The van der Waals surface area contributed by atoms with Crippen molar-refractivity contribution in [3.8, 4) is 5.69 Å². The normalized spacial score (nSPS) is 10.5. The summed E-state index contributed by atoms with van der Waals surface area (Å²) in [6.07, 6.45) is 2.06. The first kappa shape index (κ1) is 17.5. The fourth-order valence-corrected chi connectivity index (χ4v) is 2.90. The molecule has 1 N–H and O–H groups in total. The van der Waals surface area contributed by atoms with Gasteiger partial charge in [-0.25, -0.2) is 0 Å². The fourth-order valence-electron chi connectivity index (χ4n) is 2.11. The van der Waals surface area contributed by atoms with Crippen molar-refractivity contribution >= 4 is 24.2 Å². The number of benzene rings is 1. The Labute approximate surface area is 145 Å². The quantitative estimate of drug-likeness (QED) is 0.523. The third-order valence-corrected chi connectivity index (χ3v) is 4.23. The maximum absolute atomic E-state index is 4.09. The first-order valence-electron chi connectivity index (χ1n) is 7.12. The molecule has 0 saturated carbocycles. The van der Waals surface area contributed by atoms with Gasteiger partial charge in [-0.15, -0.1) is 17.5 Å². The Hall–Kier alpha value is -1.83. The highest BCUT2D eigenvalue weighted by Crippen LogP contribution is 2.17. The van der Waals surface area contributed by atoms with Crippen molar-refractivity contribution in [2.75, 3.05) is 12.3 Å². The van der Waals surface area contributed by atoms with Gasteiger partial charge in [-0.1, -0.05) is 30.0 Å². The lowest BCUT2D eigenvalue weighted by atomic mass is 10.3. The summed E-state index contributed by atoms with van der Waals surface area (Å²) in [4.78, 5) is 0. The van der Waals surface area contributed by atoms with Gasteiger partial charge in [0, 0.05) is 37.8 Å². The van der Waals surface area contributed by atoms with Gasteiger partial charge in [0.1, 0.15) is 0 Å². The molecule has 0 amide bonds. The summed E-state index contributed by atoms with van der Waals surface area (Å²) in [5.41, 5.74) is 2.26. The molecule has 122 valence electrons. The lowest BCUT2D eigenvalue weighted by molar-refractivity contribution is 0.682. The van der Waals surface area contributed by atoms with Gasteiger partial charge in [-0.3, -0.25) is 0 Å². The molecule has 2 aromatic heterocycles. The van der Waals surface area contributed by atoms with E-state index >= 15 is 0 Å². The standard InChI is InChI=1S/C15H18N6S.ClH/c1-20-10-5-8-14(20)12-16-9-11-22-15-17-18-19-21(15)13-6-3-2-4-7-13;/h2-8,10,16H,9,11-12H2,1H3;1H. The highest BCUT2D eigenvalue weighted by molar-refractivity contribution is 7.99. The van der Waals surface area contributed by atoms with Crippen molar-refractivity contribution in [1.29, 1.82) is 0 Å². The fraction of sp³-hybridized carbons (Fsp3) is 0.267. The van der Waals surface area contributed by atoms with Crippen LogP contribution in [0.4, 0.5) is 0 Å². The second kappa shape index (κ2) is 8.71. The predicted octanol–water partition coefficient (Wildman–Crippen LogP) is 2.30. The summed E-state index contributed by atoms with van der Waals surface area (Å²) in [5.74, 6) is 0.914. The van der Waals surface area contributed by atoms with Crippen LogP contribution in [-0.2, 0) is 13.6 Å². The molecule has 3 aromatic rings. The van der Waals surface area contributed by atoms with E-state index in [9.17, 15) is 0 Å². The van der Waals surface area contributed by atoms with Crippen LogP contribution in [0, 0.1) is 0 Å². The molecule has 0 spiro atoms. The molecule has 2 heterocycles. The molecule has 0 radical (unpaired) electrons. The number of nitrogens with zero attached hydrogens (tertiary/aromatic N) is 5. The summed E-state index contributed by atoms with van der Waals surface area (Å²) in [6.45, 7) is 1.77. The molecule has 0 atom stereocenters. The molecule has 0 aliphatic rings. The lowest BCUT2D eigenvalue weighted by Gasteiger charge is -2.06. The summed E-state index contributed by atoms with van der Waals surface area (Å²) in [7, 11) is 2.06. The summed E-state index contributed by atoms with van der Waals surface area (Å²) in [5, 5.41) is 16.1. The van der Waals surface area contributed by atoms with Gasteiger partial charge in [0.15, 0.2) is 0 Å². The number of nitrogens with one attached hydrogen (secondary N) is 1. The molecule has 3 rings (SSSR count). The Balaban J connectivity index is 0.00000192. The van der Waals surface area contributed by atoms with Crippen molar-refractivity contribution < 1.29 is 0 Å². The van der Waals surface area contributed by atoms with Gasteiger partial charge in [0.2, 0.25) is 5.16 Å². The third kappa shape index (κ3) is 4.57. The maximum Gasteiger partial charge on any atom is 0.214 e. The summed E-state index contributed by atoms with van der Waals surface area (Å²) < 4.78 is 3.89. The summed E-state index contributed by atoms with van der Waals surface area (Å²) in [6, 6.07) is 14.1. The lowest BCUT2D eigenvalue weighted by Crippen LogP contribution is -2.18. The van der Waals surface area contributed by atoms with Gasteiger partial charge in [0.05, 0.1) is 5.69 Å². The van der Waals surface area contributed by atoms with Crippen LogP contribution in [-0.4, -0.2) is 37.1 Å². The van der Waals surface area contributed by atoms with Crippen LogP contribution in [0.25, 0.3) is 5.69 Å². The van der Waals surface area contributed by atoms with Gasteiger partial charge in [-0.2, -0.15) is 4.68 Å². The molecular formula is C15H19ClN6S. The van der Waals surface area contributed by atoms with E-state index in [-0.39, 0.29) is 12.4 Å². The van der Waals surface area contributed by atoms with Crippen molar-refractivity contribution in [2.24, 2.45) is 7.05 Å². The van der Waals surface area contributed by atoms with Gasteiger partial charge >= 0.3 is 0 Å². The Morgan fingerprint density at radius 3 is 2.70 bits per heavy atom. The average Bonchev–Trinajstić information content (AvgIpc) is 3.17. The van der Waals surface area contributed by atoms with Gasteiger partial charge < -0.3 is 9.88 Å². The van der Waals surface area contributed by atoms with Crippen molar-refractivity contribution in [2.45, 2.75) is 11.7 Å². The van der Waals surface area contributed by atoms with Crippen molar-refractivity contribution in [1.82, 2.24) is 30.1 Å². The average molecular weight is 351 g/mol. The van der Waals surface area contributed by atoms with E-state index in [1.807, 2.05) is 30.3 Å². The van der Waals surface area contributed by atoms with E-state index in [1.54, 1.807) is 16.4 Å². The molecule has 0 aliphatic carbocycles. The van der Waals surface area contributed by atoms with Gasteiger partial charge in [0.25, 0.3) is 0 Å². The molecule has 0 unspecified atom stereocenters. The largest absolute Gasteiger partial charge is 0.353 e. The van der Waals surface area contributed by atoms with Crippen LogP contribution < -0.4 is 5.32 Å². The minimum absolute atomic E-state index is 0. The molecule has 0 saturated heterocycles. The van der Waals surface area contributed by atoms with E-state index in [2.05, 4.69) is 50.8 Å². The SMILES string of the molecule is Cl.Cn1cccc1CNCCSc1nnnn1-c1ccccc1. The number of hydrogen-bond acceptors (Lipinski definition) is 5. The third-order valence-electron chi connectivity index (χ3n) is 3.31. The Kier molecular flexibility index (Phi) is 6.64. The molecule has 6 nitrogen and oxygen atoms in total. The van der Waals surface area contributed by atoms with Crippen molar-refractivity contribution in [3.63, 3.8) is 0 Å². The second-order valence-corrected chi connectivity index (χ2v) is 5.91. The zero-order chi connectivity index (χ0) is 15.2. The Morgan fingerprint density at radius 2 is 1.96 bits per heavy atom. The van der Waals surface area contributed by atoms with E-state index in [4.69, 9.17) is 0 Å².